The molecule has 0 aliphatic carbocycles. The number of H-pyrrole nitrogens is 1. The number of hydrogen-bond donors (Lipinski definition) is 3. The lowest BCUT2D eigenvalue weighted by Gasteiger charge is -2.23. The Morgan fingerprint density at radius 1 is 1.06 bits per heavy atom. The summed E-state index contributed by atoms with van der Waals surface area (Å²) < 4.78 is 4.97. The van der Waals surface area contributed by atoms with Crippen molar-refractivity contribution < 1.29 is 29.1 Å². The first kappa shape index (κ1) is 24.2. The average Bonchev–Trinajstić information content (AvgIpc) is 3.39. The molecule has 9 heteroatoms. The van der Waals surface area contributed by atoms with Gasteiger partial charge in [0, 0.05) is 29.9 Å². The third-order valence-corrected chi connectivity index (χ3v) is 6.35. The fourth-order valence-corrected chi connectivity index (χ4v) is 4.51. The van der Waals surface area contributed by atoms with Gasteiger partial charge in [-0.05, 0) is 54.7 Å². The number of hydrogen-bond acceptors (Lipinski definition) is 6. The molecule has 0 bridgehead atoms. The van der Waals surface area contributed by atoms with Gasteiger partial charge in [0.2, 0.25) is 5.91 Å². The van der Waals surface area contributed by atoms with Gasteiger partial charge in [0.1, 0.15) is 6.04 Å². The molecule has 0 spiro atoms. The standard InChI is InChI=1S/C26H27N3O6/c1-35-26(33)22(29-24(31)18-8-5-6-9-19(18)25(29)32)14-17-15-27-21-12-11-16(13-20(17)21)7-3-2-4-10-23(30)28-34/h5-6,8-9,11-13,15,22,27,34H,2-4,7,10,14H2,1H3,(H,28,30)/t22-/m0/s1. The Morgan fingerprint density at radius 2 is 1.77 bits per heavy atom. The zero-order valence-corrected chi connectivity index (χ0v) is 19.4. The first-order valence-corrected chi connectivity index (χ1v) is 11.5. The minimum atomic E-state index is -1.09. The molecule has 3 aromatic rings. The topological polar surface area (TPSA) is 129 Å². The van der Waals surface area contributed by atoms with Gasteiger partial charge in [-0.2, -0.15) is 0 Å². The van der Waals surface area contributed by atoms with Gasteiger partial charge in [0.25, 0.3) is 11.8 Å². The summed E-state index contributed by atoms with van der Waals surface area (Å²) in [5.41, 5.74) is 4.98. The number of aromatic amines is 1. The van der Waals surface area contributed by atoms with Crippen molar-refractivity contribution in [2.45, 2.75) is 44.6 Å². The fraction of sp³-hybridized carbons (Fsp3) is 0.308. The molecule has 1 atom stereocenters. The third-order valence-electron chi connectivity index (χ3n) is 6.35. The monoisotopic (exact) mass is 477 g/mol. The smallest absolute Gasteiger partial charge is 0.329 e. The Kier molecular flexibility index (Phi) is 7.26. The van der Waals surface area contributed by atoms with Crippen molar-refractivity contribution >= 4 is 34.6 Å². The van der Waals surface area contributed by atoms with E-state index in [1.807, 2.05) is 18.2 Å². The Hall–Kier alpha value is -3.98. The predicted octanol–water partition coefficient (Wildman–Crippen LogP) is 3.16. The number of carbonyl (C=O) groups is 4. The summed E-state index contributed by atoms with van der Waals surface area (Å²) in [5, 5.41) is 9.47. The first-order chi connectivity index (χ1) is 16.9. The summed E-state index contributed by atoms with van der Waals surface area (Å²) in [6.45, 7) is 0. The Labute approximate surface area is 202 Å². The van der Waals surface area contributed by atoms with Crippen LogP contribution in [0.4, 0.5) is 0 Å². The highest BCUT2D eigenvalue weighted by molar-refractivity contribution is 6.22. The molecular weight excluding hydrogens is 450 g/mol. The zero-order valence-electron chi connectivity index (χ0n) is 19.4. The maximum atomic E-state index is 13.0. The van der Waals surface area contributed by atoms with Gasteiger partial charge in [0.15, 0.2) is 0 Å². The maximum Gasteiger partial charge on any atom is 0.329 e. The van der Waals surface area contributed by atoms with Crippen LogP contribution in [0.25, 0.3) is 10.9 Å². The van der Waals surface area contributed by atoms with Crippen LogP contribution in [0, 0.1) is 0 Å². The van der Waals surface area contributed by atoms with Crippen molar-refractivity contribution in [2.24, 2.45) is 0 Å². The number of hydroxylamine groups is 1. The number of carbonyl (C=O) groups excluding carboxylic acids is 4. The molecule has 0 radical (unpaired) electrons. The maximum absolute atomic E-state index is 13.0. The van der Waals surface area contributed by atoms with Gasteiger partial charge in [-0.1, -0.05) is 24.6 Å². The SMILES string of the molecule is COC(=O)[C@H](Cc1c[nH]c2ccc(CCCCCC(=O)NO)cc12)N1C(=O)c2ccccc2C1=O. The molecule has 0 unspecified atom stereocenters. The fourth-order valence-electron chi connectivity index (χ4n) is 4.51. The molecular formula is C26H27N3O6. The summed E-state index contributed by atoms with van der Waals surface area (Å²) in [6, 6.07) is 11.5. The van der Waals surface area contributed by atoms with E-state index >= 15 is 0 Å². The van der Waals surface area contributed by atoms with Crippen LogP contribution in [0.15, 0.2) is 48.7 Å². The highest BCUT2D eigenvalue weighted by Gasteiger charge is 2.43. The molecule has 1 aromatic heterocycles. The number of nitrogens with one attached hydrogen (secondary N) is 2. The van der Waals surface area contributed by atoms with Gasteiger partial charge in [0.05, 0.1) is 18.2 Å². The lowest BCUT2D eigenvalue weighted by Crippen LogP contribution is -2.46. The van der Waals surface area contributed by atoms with E-state index in [1.54, 1.807) is 35.9 Å². The van der Waals surface area contributed by atoms with Gasteiger partial charge >= 0.3 is 5.97 Å². The number of aromatic nitrogens is 1. The van der Waals surface area contributed by atoms with Gasteiger partial charge in [-0.3, -0.25) is 24.5 Å². The Morgan fingerprint density at radius 3 is 2.43 bits per heavy atom. The first-order valence-electron chi connectivity index (χ1n) is 11.5. The predicted molar refractivity (Wildman–Crippen MR) is 127 cm³/mol. The number of rotatable bonds is 10. The van der Waals surface area contributed by atoms with E-state index in [2.05, 4.69) is 4.98 Å². The summed E-state index contributed by atoms with van der Waals surface area (Å²) in [4.78, 5) is 54.0. The number of ether oxygens (including phenoxy) is 1. The molecule has 1 aliphatic rings. The molecule has 3 amide bonds. The third kappa shape index (κ3) is 4.95. The lowest BCUT2D eigenvalue weighted by atomic mass is 10.00. The van der Waals surface area contributed by atoms with Crippen LogP contribution < -0.4 is 5.48 Å². The number of unbranched alkanes of at least 4 members (excludes halogenated alkanes) is 2. The van der Waals surface area contributed by atoms with E-state index in [4.69, 9.17) is 9.94 Å². The second-order valence-corrected chi connectivity index (χ2v) is 8.56. The number of fused-ring (bicyclic) bond motifs is 2. The van der Waals surface area contributed by atoms with Crippen LogP contribution in [0.5, 0.6) is 0 Å². The van der Waals surface area contributed by atoms with E-state index in [0.29, 0.717) is 6.42 Å². The van der Waals surface area contributed by atoms with Crippen molar-refractivity contribution in [1.82, 2.24) is 15.4 Å². The van der Waals surface area contributed by atoms with Crippen molar-refractivity contribution in [3.63, 3.8) is 0 Å². The van der Waals surface area contributed by atoms with Crippen LogP contribution in [0.3, 0.4) is 0 Å². The molecule has 2 aromatic carbocycles. The molecule has 0 saturated carbocycles. The largest absolute Gasteiger partial charge is 0.467 e. The quantitative estimate of drug-likeness (QED) is 0.135. The molecule has 0 saturated heterocycles. The van der Waals surface area contributed by atoms with Crippen molar-refractivity contribution in [2.75, 3.05) is 7.11 Å². The van der Waals surface area contributed by atoms with Crippen LogP contribution >= 0.6 is 0 Å². The van der Waals surface area contributed by atoms with E-state index in [9.17, 15) is 19.2 Å². The lowest BCUT2D eigenvalue weighted by molar-refractivity contribution is -0.145. The van der Waals surface area contributed by atoms with Crippen molar-refractivity contribution in [3.8, 4) is 0 Å². The Bertz CT molecular complexity index is 1250. The van der Waals surface area contributed by atoms with E-state index in [-0.39, 0.29) is 29.9 Å². The summed E-state index contributed by atoms with van der Waals surface area (Å²) >= 11 is 0. The van der Waals surface area contributed by atoms with Gasteiger partial charge < -0.3 is 9.72 Å². The number of methoxy groups -OCH3 is 1. The van der Waals surface area contributed by atoms with E-state index in [0.717, 1.165) is 46.2 Å². The summed E-state index contributed by atoms with van der Waals surface area (Å²) in [5.74, 6) is -2.05. The summed E-state index contributed by atoms with van der Waals surface area (Å²) in [7, 11) is 1.24. The number of esters is 1. The van der Waals surface area contributed by atoms with Crippen LogP contribution in [0.1, 0.15) is 57.5 Å². The zero-order chi connectivity index (χ0) is 24.9. The number of aryl methyl sites for hydroxylation is 1. The van der Waals surface area contributed by atoms with Crippen molar-refractivity contribution in [3.05, 3.63) is 70.9 Å². The van der Waals surface area contributed by atoms with Gasteiger partial charge in [-0.15, -0.1) is 0 Å². The second kappa shape index (κ2) is 10.5. The van der Waals surface area contributed by atoms with Crippen LogP contribution in [-0.2, 0) is 27.2 Å². The normalized spacial score (nSPS) is 13.7. The number of amides is 3. The number of imide groups is 1. The molecule has 182 valence electrons. The summed E-state index contributed by atoms with van der Waals surface area (Å²) in [6.07, 6.45) is 5.41. The number of benzene rings is 2. The average molecular weight is 478 g/mol. The second-order valence-electron chi connectivity index (χ2n) is 8.56. The molecule has 0 fully saturated rings. The molecule has 9 nitrogen and oxygen atoms in total. The van der Waals surface area contributed by atoms with Crippen molar-refractivity contribution in [1.29, 1.82) is 0 Å². The number of nitrogens with zero attached hydrogens (tertiary/aromatic N) is 1. The molecule has 2 heterocycles. The highest BCUT2D eigenvalue weighted by atomic mass is 16.5. The molecule has 35 heavy (non-hydrogen) atoms. The molecule has 4 rings (SSSR count). The van der Waals surface area contributed by atoms with Crippen LogP contribution in [0.2, 0.25) is 0 Å². The van der Waals surface area contributed by atoms with Gasteiger partial charge in [-0.25, -0.2) is 10.3 Å². The minimum Gasteiger partial charge on any atom is -0.467 e. The van der Waals surface area contributed by atoms with Crippen LogP contribution in [-0.4, -0.2) is 51.9 Å². The molecule has 3 N–H and O–H groups in total. The minimum absolute atomic E-state index is 0.123. The van der Waals surface area contributed by atoms with E-state index in [1.165, 1.54) is 7.11 Å². The molecule has 1 aliphatic heterocycles. The highest BCUT2D eigenvalue weighted by Crippen LogP contribution is 2.29. The Balaban J connectivity index is 1.52. The van der Waals surface area contributed by atoms with E-state index < -0.39 is 23.8 Å².